The second-order valence-corrected chi connectivity index (χ2v) is 11.7. The Balaban J connectivity index is 2.28. The van der Waals surface area contributed by atoms with Gasteiger partial charge in [-0.2, -0.15) is 0 Å². The topological polar surface area (TPSA) is 61.9 Å². The summed E-state index contributed by atoms with van der Waals surface area (Å²) in [7, 11) is 4.00. The summed E-state index contributed by atoms with van der Waals surface area (Å²) in [4.78, 5) is 29.7. The lowest BCUT2D eigenvalue weighted by molar-refractivity contribution is -0.135. The number of nitrogens with zero attached hydrogens (tertiary/aromatic N) is 2. The van der Waals surface area contributed by atoms with Gasteiger partial charge in [-0.15, -0.1) is 0 Å². The molecule has 0 bridgehead atoms. The SMILES string of the molecule is CN(C)c1ccc(NC(=O)CC(C)(C)C)cc1CN(CC1CCCO1)C(=O)CC(C)(C)C. The maximum atomic E-state index is 13.2. The highest BCUT2D eigenvalue weighted by Crippen LogP contribution is 2.28. The van der Waals surface area contributed by atoms with Crippen molar-refractivity contribution in [3.05, 3.63) is 23.8 Å². The number of nitrogens with one attached hydrogen (secondary N) is 1. The van der Waals surface area contributed by atoms with Crippen LogP contribution in [0.1, 0.15) is 72.8 Å². The molecule has 1 fully saturated rings. The number of carbonyl (C=O) groups is 2. The molecule has 0 aromatic heterocycles. The second kappa shape index (κ2) is 10.7. The third kappa shape index (κ3) is 8.81. The molecule has 1 heterocycles. The molecule has 1 aliphatic rings. The zero-order valence-corrected chi connectivity index (χ0v) is 21.4. The van der Waals surface area contributed by atoms with Gasteiger partial charge in [-0.3, -0.25) is 9.59 Å². The van der Waals surface area contributed by atoms with Crippen molar-refractivity contribution in [2.24, 2.45) is 10.8 Å². The molecule has 6 heteroatoms. The summed E-state index contributed by atoms with van der Waals surface area (Å²) in [6, 6.07) is 5.95. The summed E-state index contributed by atoms with van der Waals surface area (Å²) in [5.41, 5.74) is 2.66. The average Bonchev–Trinajstić information content (AvgIpc) is 3.11. The van der Waals surface area contributed by atoms with Gasteiger partial charge in [-0.05, 0) is 47.4 Å². The fourth-order valence-corrected chi connectivity index (χ4v) is 3.97. The minimum Gasteiger partial charge on any atom is -0.377 e. The van der Waals surface area contributed by atoms with E-state index in [9.17, 15) is 9.59 Å². The first-order valence-corrected chi connectivity index (χ1v) is 11.7. The second-order valence-electron chi connectivity index (χ2n) is 11.7. The zero-order valence-electron chi connectivity index (χ0n) is 21.4. The molecule has 32 heavy (non-hydrogen) atoms. The van der Waals surface area contributed by atoms with Gasteiger partial charge in [0.1, 0.15) is 0 Å². The minimum atomic E-state index is -0.0843. The summed E-state index contributed by atoms with van der Waals surface area (Å²) in [5, 5.41) is 3.03. The molecule has 180 valence electrons. The van der Waals surface area contributed by atoms with E-state index in [1.807, 2.05) is 37.2 Å². The van der Waals surface area contributed by atoms with Crippen LogP contribution in [0.25, 0.3) is 0 Å². The number of ether oxygens (including phenoxy) is 1. The van der Waals surface area contributed by atoms with Gasteiger partial charge in [0.15, 0.2) is 0 Å². The van der Waals surface area contributed by atoms with Gasteiger partial charge >= 0.3 is 0 Å². The Morgan fingerprint density at radius 1 is 1.06 bits per heavy atom. The van der Waals surface area contributed by atoms with Gasteiger partial charge in [0.2, 0.25) is 11.8 Å². The lowest BCUT2D eigenvalue weighted by Crippen LogP contribution is -2.38. The van der Waals surface area contributed by atoms with Crippen molar-refractivity contribution in [3.63, 3.8) is 0 Å². The van der Waals surface area contributed by atoms with E-state index in [2.05, 4.69) is 51.8 Å². The third-order valence-electron chi connectivity index (χ3n) is 5.38. The van der Waals surface area contributed by atoms with Crippen molar-refractivity contribution in [1.29, 1.82) is 0 Å². The van der Waals surface area contributed by atoms with Gasteiger partial charge in [0.05, 0.1) is 6.10 Å². The van der Waals surface area contributed by atoms with Crippen LogP contribution in [0.15, 0.2) is 18.2 Å². The van der Waals surface area contributed by atoms with Crippen LogP contribution in [-0.4, -0.2) is 50.1 Å². The smallest absolute Gasteiger partial charge is 0.224 e. The summed E-state index contributed by atoms with van der Waals surface area (Å²) < 4.78 is 5.84. The van der Waals surface area contributed by atoms with Crippen molar-refractivity contribution in [1.82, 2.24) is 4.90 Å². The quantitative estimate of drug-likeness (QED) is 0.607. The van der Waals surface area contributed by atoms with Gasteiger partial charge in [-0.1, -0.05) is 41.5 Å². The van der Waals surface area contributed by atoms with E-state index in [4.69, 9.17) is 4.74 Å². The molecule has 1 aliphatic heterocycles. The zero-order chi connectivity index (χ0) is 24.1. The molecule has 0 spiro atoms. The number of rotatable bonds is 8. The Bertz CT molecular complexity index is 784. The van der Waals surface area contributed by atoms with E-state index in [1.165, 1.54) is 0 Å². The normalized spacial score (nSPS) is 16.7. The molecule has 2 amide bonds. The molecule has 0 radical (unpaired) electrons. The van der Waals surface area contributed by atoms with E-state index < -0.39 is 0 Å². The molecule has 0 aliphatic carbocycles. The van der Waals surface area contributed by atoms with Gasteiger partial charge in [0, 0.05) is 58.0 Å². The molecule has 0 saturated carbocycles. The summed E-state index contributed by atoms with van der Waals surface area (Å²) >= 11 is 0. The first-order valence-electron chi connectivity index (χ1n) is 11.7. The predicted molar refractivity (Wildman–Crippen MR) is 132 cm³/mol. The maximum absolute atomic E-state index is 13.2. The summed E-state index contributed by atoms with van der Waals surface area (Å²) in [6.45, 7) is 14.3. The number of carbonyl (C=O) groups excluding carboxylic acids is 2. The molecule has 1 aromatic carbocycles. The number of benzene rings is 1. The summed E-state index contributed by atoms with van der Waals surface area (Å²) in [5.74, 6) is 0.140. The van der Waals surface area contributed by atoms with Crippen LogP contribution in [0.3, 0.4) is 0 Å². The van der Waals surface area contributed by atoms with Gasteiger partial charge < -0.3 is 19.9 Å². The molecule has 1 atom stereocenters. The largest absolute Gasteiger partial charge is 0.377 e. The fourth-order valence-electron chi connectivity index (χ4n) is 3.97. The monoisotopic (exact) mass is 445 g/mol. The number of hydrogen-bond acceptors (Lipinski definition) is 4. The number of amides is 2. The molecular weight excluding hydrogens is 402 g/mol. The first kappa shape index (κ1) is 26.2. The van der Waals surface area contributed by atoms with Crippen LogP contribution in [0.4, 0.5) is 11.4 Å². The lowest BCUT2D eigenvalue weighted by Gasteiger charge is -2.30. The minimum absolute atomic E-state index is 0.000994. The standard InChI is InChI=1S/C26H43N3O3/c1-25(2,3)15-23(30)27-20-11-12-22(28(7)8)19(14-20)17-29(18-21-10-9-13-32-21)24(31)16-26(4,5)6/h11-12,14,21H,9-10,13,15-18H2,1-8H3,(H,27,30). The predicted octanol–water partition coefficient (Wildman–Crippen LogP) is 5.07. The first-order chi connectivity index (χ1) is 14.7. The van der Waals surface area contributed by atoms with Crippen LogP contribution in [-0.2, 0) is 20.9 Å². The van der Waals surface area contributed by atoms with E-state index in [1.54, 1.807) is 0 Å². The van der Waals surface area contributed by atoms with E-state index >= 15 is 0 Å². The van der Waals surface area contributed by atoms with Gasteiger partial charge in [0.25, 0.3) is 0 Å². The van der Waals surface area contributed by atoms with Crippen molar-refractivity contribution in [2.75, 3.05) is 37.5 Å². The molecular formula is C26H43N3O3. The highest BCUT2D eigenvalue weighted by Gasteiger charge is 2.27. The van der Waals surface area contributed by atoms with Gasteiger partial charge in [-0.25, -0.2) is 0 Å². The maximum Gasteiger partial charge on any atom is 0.224 e. The molecule has 1 saturated heterocycles. The Hall–Kier alpha value is -2.08. The third-order valence-corrected chi connectivity index (χ3v) is 5.38. The van der Waals surface area contributed by atoms with E-state index in [-0.39, 0.29) is 28.7 Å². The Labute approximate surface area is 194 Å². The summed E-state index contributed by atoms with van der Waals surface area (Å²) in [6.07, 6.45) is 3.07. The van der Waals surface area contributed by atoms with Crippen LogP contribution in [0.5, 0.6) is 0 Å². The van der Waals surface area contributed by atoms with Crippen LogP contribution in [0, 0.1) is 10.8 Å². The van der Waals surface area contributed by atoms with E-state index in [0.29, 0.717) is 25.9 Å². The van der Waals surface area contributed by atoms with Crippen molar-refractivity contribution in [2.45, 2.75) is 79.9 Å². The Morgan fingerprint density at radius 3 is 2.25 bits per heavy atom. The lowest BCUT2D eigenvalue weighted by atomic mass is 9.91. The van der Waals surface area contributed by atoms with E-state index in [0.717, 1.165) is 36.4 Å². The number of anilines is 2. The highest BCUT2D eigenvalue weighted by molar-refractivity contribution is 5.91. The van der Waals surface area contributed by atoms with Crippen LogP contribution < -0.4 is 10.2 Å². The number of hydrogen-bond donors (Lipinski definition) is 1. The van der Waals surface area contributed by atoms with Crippen molar-refractivity contribution >= 4 is 23.2 Å². The molecule has 2 rings (SSSR count). The van der Waals surface area contributed by atoms with Crippen molar-refractivity contribution < 1.29 is 14.3 Å². The van der Waals surface area contributed by atoms with Crippen LogP contribution in [0.2, 0.25) is 0 Å². The fraction of sp³-hybridized carbons (Fsp3) is 0.692. The molecule has 6 nitrogen and oxygen atoms in total. The van der Waals surface area contributed by atoms with Crippen LogP contribution >= 0.6 is 0 Å². The van der Waals surface area contributed by atoms with Crippen molar-refractivity contribution in [3.8, 4) is 0 Å². The molecule has 1 N–H and O–H groups in total. The molecule has 1 unspecified atom stereocenters. The average molecular weight is 446 g/mol. The Kier molecular flexibility index (Phi) is 8.74. The molecule has 1 aromatic rings. The Morgan fingerprint density at radius 2 is 1.72 bits per heavy atom. The highest BCUT2D eigenvalue weighted by atomic mass is 16.5.